The van der Waals surface area contributed by atoms with Gasteiger partial charge in [-0.2, -0.15) is 0 Å². The predicted molar refractivity (Wildman–Crippen MR) is 184 cm³/mol. The average Bonchev–Trinajstić information content (AvgIpc) is 3.08. The first-order valence-electron chi connectivity index (χ1n) is 17.8. The van der Waals surface area contributed by atoms with Gasteiger partial charge >= 0.3 is 0 Å². The maximum absolute atomic E-state index is 15.4. The normalized spacial score (nSPS) is 20.3. The highest BCUT2D eigenvalue weighted by atomic mass is 19.2. The lowest BCUT2D eigenvalue weighted by Crippen LogP contribution is -2.22. The molecule has 0 heterocycles. The van der Waals surface area contributed by atoms with E-state index in [9.17, 15) is 4.39 Å². The van der Waals surface area contributed by atoms with E-state index in [0.717, 1.165) is 50.0 Å². The van der Waals surface area contributed by atoms with Crippen molar-refractivity contribution in [1.29, 1.82) is 0 Å². The fourth-order valence-corrected chi connectivity index (χ4v) is 7.74. The number of rotatable bonds is 13. The van der Waals surface area contributed by atoms with Gasteiger partial charge in [-0.25, -0.2) is 17.6 Å². The van der Waals surface area contributed by atoms with Gasteiger partial charge in [-0.15, -0.1) is 0 Å². The van der Waals surface area contributed by atoms with Crippen molar-refractivity contribution in [2.45, 2.75) is 110 Å². The first-order valence-corrected chi connectivity index (χ1v) is 17.8. The molecule has 1 atom stereocenters. The van der Waals surface area contributed by atoms with E-state index in [1.54, 1.807) is 48.5 Å². The minimum Gasteiger partial charge on any atom is -0.203 e. The molecule has 1 fully saturated rings. The minimum atomic E-state index is -0.873. The molecule has 1 unspecified atom stereocenters. The number of unbranched alkanes of at least 4 members (excludes halogenated alkanes) is 6. The van der Waals surface area contributed by atoms with E-state index in [2.05, 4.69) is 32.1 Å². The molecule has 3 aromatic carbocycles. The number of allylic oxidation sites excluding steroid dienone is 4. The number of hydrogen-bond acceptors (Lipinski definition) is 0. The molecule has 2 aliphatic carbocycles. The number of hydrogen-bond donors (Lipinski definition) is 0. The maximum atomic E-state index is 15.4. The summed E-state index contributed by atoms with van der Waals surface area (Å²) in [4.78, 5) is 0. The molecule has 2 aliphatic rings. The summed E-state index contributed by atoms with van der Waals surface area (Å²) in [5.74, 6) is -1.28. The molecule has 0 radical (unpaired) electrons. The summed E-state index contributed by atoms with van der Waals surface area (Å²) in [5.41, 5.74) is 2.97. The second kappa shape index (κ2) is 16.6. The molecule has 0 amide bonds. The van der Waals surface area contributed by atoms with Crippen molar-refractivity contribution in [1.82, 2.24) is 0 Å². The van der Waals surface area contributed by atoms with E-state index in [0.29, 0.717) is 40.5 Å². The molecule has 4 heteroatoms. The van der Waals surface area contributed by atoms with Gasteiger partial charge < -0.3 is 0 Å². The lowest BCUT2D eigenvalue weighted by atomic mass is 9.71. The zero-order chi connectivity index (χ0) is 32.5. The Balaban J connectivity index is 1.21. The number of halogens is 4. The van der Waals surface area contributed by atoms with E-state index in [4.69, 9.17) is 0 Å². The van der Waals surface area contributed by atoms with Crippen LogP contribution in [0.25, 0.3) is 27.8 Å². The Kier molecular flexibility index (Phi) is 12.4. The van der Waals surface area contributed by atoms with Crippen molar-refractivity contribution in [3.63, 3.8) is 0 Å². The van der Waals surface area contributed by atoms with Crippen molar-refractivity contribution in [2.24, 2.45) is 17.8 Å². The van der Waals surface area contributed by atoms with Gasteiger partial charge in [0.05, 0.1) is 0 Å². The van der Waals surface area contributed by atoms with E-state index in [-0.39, 0.29) is 11.1 Å². The van der Waals surface area contributed by atoms with Crippen LogP contribution < -0.4 is 0 Å². The van der Waals surface area contributed by atoms with Gasteiger partial charge in [0.25, 0.3) is 0 Å². The van der Waals surface area contributed by atoms with Gasteiger partial charge in [0, 0.05) is 16.7 Å². The topological polar surface area (TPSA) is 0 Å². The molecule has 0 spiro atoms. The second-order valence-corrected chi connectivity index (χ2v) is 13.6. The molecule has 0 bridgehead atoms. The van der Waals surface area contributed by atoms with Gasteiger partial charge in [0.15, 0.2) is 23.3 Å². The van der Waals surface area contributed by atoms with Gasteiger partial charge in [0.2, 0.25) is 0 Å². The summed E-state index contributed by atoms with van der Waals surface area (Å²) in [7, 11) is 0. The SMILES string of the molecule is C/C=C/C1CCC(C2CC=C(c3ccc(-c4ccc(-c5ccc(CCCCCCCCC)c(F)c5F)cc4)c(F)c3F)CC2)CC1. The van der Waals surface area contributed by atoms with Gasteiger partial charge in [-0.3, -0.25) is 0 Å². The Morgan fingerprint density at radius 2 is 1.17 bits per heavy atom. The highest BCUT2D eigenvalue weighted by Crippen LogP contribution is 2.42. The van der Waals surface area contributed by atoms with Crippen molar-refractivity contribution in [3.05, 3.63) is 101 Å². The molecule has 1 saturated carbocycles. The zero-order valence-corrected chi connectivity index (χ0v) is 27.7. The molecule has 5 rings (SSSR count). The van der Waals surface area contributed by atoms with Crippen molar-refractivity contribution in [3.8, 4) is 22.3 Å². The Bertz CT molecular complexity index is 1490. The molecule has 3 aromatic rings. The van der Waals surface area contributed by atoms with Gasteiger partial charge in [-0.1, -0.05) is 112 Å². The molecule has 0 aliphatic heterocycles. The zero-order valence-electron chi connectivity index (χ0n) is 27.7. The fourth-order valence-electron chi connectivity index (χ4n) is 7.74. The summed E-state index contributed by atoms with van der Waals surface area (Å²) in [5, 5.41) is 0. The molecule has 0 aromatic heterocycles. The highest BCUT2D eigenvalue weighted by molar-refractivity contribution is 5.74. The molecule has 0 N–H and O–H groups in total. The third kappa shape index (κ3) is 8.22. The van der Waals surface area contributed by atoms with Crippen LogP contribution in [0.3, 0.4) is 0 Å². The number of aryl methyl sites for hydroxylation is 1. The Morgan fingerprint density at radius 3 is 1.78 bits per heavy atom. The van der Waals surface area contributed by atoms with Crippen LogP contribution in [0.5, 0.6) is 0 Å². The van der Waals surface area contributed by atoms with Gasteiger partial charge in [0.1, 0.15) is 0 Å². The van der Waals surface area contributed by atoms with Crippen LogP contribution in [0.4, 0.5) is 17.6 Å². The van der Waals surface area contributed by atoms with Crippen LogP contribution in [0.1, 0.15) is 115 Å². The average molecular weight is 631 g/mol. The predicted octanol–water partition coefficient (Wildman–Crippen LogP) is 13.4. The van der Waals surface area contributed by atoms with E-state index in [1.165, 1.54) is 51.4 Å². The summed E-state index contributed by atoms with van der Waals surface area (Å²) >= 11 is 0. The summed E-state index contributed by atoms with van der Waals surface area (Å²) < 4.78 is 60.9. The first-order chi connectivity index (χ1) is 22.4. The standard InChI is InChI=1S/C42H50F4/c1-3-5-6-7-8-9-10-12-35-25-26-36(40(44)39(35)43)33-21-23-34(24-22-33)38-28-27-37(41(45)42(38)46)32-19-17-31(18-20-32)30-15-13-29(11-4-2)14-16-30/h4,11,19,21-31H,3,5-10,12-18,20H2,1-2H3/b11-4+. The second-order valence-electron chi connectivity index (χ2n) is 13.6. The third-order valence-electron chi connectivity index (χ3n) is 10.5. The summed E-state index contributed by atoms with van der Waals surface area (Å²) in [6, 6.07) is 13.2. The quantitative estimate of drug-likeness (QED) is 0.100. The Labute approximate surface area is 274 Å². The third-order valence-corrected chi connectivity index (χ3v) is 10.5. The lowest BCUT2D eigenvalue weighted by molar-refractivity contribution is 0.212. The largest absolute Gasteiger partial charge is 0.203 e. The molecule has 46 heavy (non-hydrogen) atoms. The molecular formula is C42H50F4. The molecule has 0 saturated heterocycles. The first kappa shape index (κ1) is 34.2. The maximum Gasteiger partial charge on any atom is 0.167 e. The van der Waals surface area contributed by atoms with Crippen LogP contribution >= 0.6 is 0 Å². The smallest absolute Gasteiger partial charge is 0.167 e. The molecule has 0 nitrogen and oxygen atoms in total. The van der Waals surface area contributed by atoms with E-state index >= 15 is 13.2 Å². The minimum absolute atomic E-state index is 0.164. The van der Waals surface area contributed by atoms with Crippen LogP contribution in [0.15, 0.2) is 66.8 Å². The Morgan fingerprint density at radius 1 is 0.609 bits per heavy atom. The monoisotopic (exact) mass is 630 g/mol. The van der Waals surface area contributed by atoms with Crippen molar-refractivity contribution in [2.75, 3.05) is 0 Å². The summed E-state index contributed by atoms with van der Waals surface area (Å²) in [6.07, 6.45) is 22.7. The van der Waals surface area contributed by atoms with Crippen LogP contribution in [-0.4, -0.2) is 0 Å². The van der Waals surface area contributed by atoms with Crippen LogP contribution in [-0.2, 0) is 6.42 Å². The van der Waals surface area contributed by atoms with E-state index < -0.39 is 23.3 Å². The van der Waals surface area contributed by atoms with Crippen LogP contribution in [0, 0.1) is 41.0 Å². The molecular weight excluding hydrogens is 580 g/mol. The van der Waals surface area contributed by atoms with E-state index in [1.807, 2.05) is 0 Å². The van der Waals surface area contributed by atoms with Crippen molar-refractivity contribution < 1.29 is 17.6 Å². The fraction of sp³-hybridized carbons (Fsp3) is 0.476. The van der Waals surface area contributed by atoms with Gasteiger partial charge in [-0.05, 0) is 105 Å². The van der Waals surface area contributed by atoms with Crippen LogP contribution in [0.2, 0.25) is 0 Å². The van der Waals surface area contributed by atoms with Crippen molar-refractivity contribution >= 4 is 5.57 Å². The Hall–Kier alpha value is -3.14. The lowest BCUT2D eigenvalue weighted by Gasteiger charge is -2.35. The number of benzene rings is 3. The summed E-state index contributed by atoms with van der Waals surface area (Å²) in [6.45, 7) is 4.28. The molecule has 246 valence electrons. The highest BCUT2D eigenvalue weighted by Gasteiger charge is 2.29.